The minimum absolute atomic E-state index is 0.420. The van der Waals surface area contributed by atoms with Crippen molar-refractivity contribution in [1.29, 1.82) is 0 Å². The molecule has 3 rings (SSSR count). The number of sulfonamides is 1. The van der Waals surface area contributed by atoms with Crippen molar-refractivity contribution in [2.75, 3.05) is 36.0 Å². The number of nitrogens with one attached hydrogen (secondary N) is 1. The summed E-state index contributed by atoms with van der Waals surface area (Å²) in [6.07, 6.45) is 4.96. The van der Waals surface area contributed by atoms with E-state index in [4.69, 9.17) is 5.73 Å². The van der Waals surface area contributed by atoms with E-state index in [0.29, 0.717) is 22.9 Å². The van der Waals surface area contributed by atoms with Gasteiger partial charge in [-0.25, -0.2) is 13.4 Å². The van der Waals surface area contributed by atoms with Crippen LogP contribution in [0, 0.1) is 0 Å². The third-order valence-corrected chi connectivity index (χ3v) is 4.54. The molecule has 0 radical (unpaired) electrons. The molecule has 2 aliphatic rings. The zero-order valence-electron chi connectivity index (χ0n) is 13.7. The molecule has 1 saturated heterocycles. The third-order valence-electron chi connectivity index (χ3n) is 3.95. The Morgan fingerprint density at radius 1 is 1.33 bits per heavy atom. The first-order valence-corrected chi connectivity index (χ1v) is 9.58. The van der Waals surface area contributed by atoms with E-state index < -0.39 is 10.0 Å². The predicted molar refractivity (Wildman–Crippen MR) is 97.3 cm³/mol. The lowest BCUT2D eigenvalue weighted by atomic mass is 10.2. The van der Waals surface area contributed by atoms with Crippen molar-refractivity contribution in [3.8, 4) is 0 Å². The predicted octanol–water partition coefficient (Wildman–Crippen LogP) is 0.730. The standard InChI is InChI=1S/C15H20N6O2S/c1-20-15(16)14(10-17-20)18-12-6-5-11(21-7-3-4-8-21)9-13(12)19-24(2,22)23/h5-6,9-10H,3-4,7-8H2,1-2H3,(H2,16,17,19)/p+1. The number of nitrogens with two attached hydrogens (primary N) is 1. The van der Waals surface area contributed by atoms with Gasteiger partial charge in [0.1, 0.15) is 13.3 Å². The van der Waals surface area contributed by atoms with Gasteiger partial charge in [0, 0.05) is 18.8 Å². The van der Waals surface area contributed by atoms with E-state index in [1.54, 1.807) is 19.3 Å². The van der Waals surface area contributed by atoms with Gasteiger partial charge in [0.2, 0.25) is 10.0 Å². The van der Waals surface area contributed by atoms with E-state index in [2.05, 4.69) is 19.7 Å². The Kier molecular flexibility index (Phi) is 4.27. The number of hydrogen-bond donors (Lipinski definition) is 2. The lowest BCUT2D eigenvalue weighted by Gasteiger charge is -2.19. The van der Waals surface area contributed by atoms with E-state index in [1.807, 2.05) is 12.1 Å². The van der Waals surface area contributed by atoms with Gasteiger partial charge in [-0.05, 0) is 31.0 Å². The first kappa shape index (κ1) is 16.4. The molecule has 3 N–H and O–H groups in total. The van der Waals surface area contributed by atoms with Crippen LogP contribution in [0.5, 0.6) is 0 Å². The van der Waals surface area contributed by atoms with Gasteiger partial charge in [0.05, 0.1) is 17.6 Å². The largest absolute Gasteiger partial charge is 0.371 e. The molecule has 0 unspecified atom stereocenters. The Labute approximate surface area is 141 Å². The summed E-state index contributed by atoms with van der Waals surface area (Å²) in [6.45, 7) is 1.95. The quantitative estimate of drug-likeness (QED) is 0.782. The van der Waals surface area contributed by atoms with Crippen molar-refractivity contribution in [3.05, 3.63) is 18.2 Å². The van der Waals surface area contributed by atoms with Crippen LogP contribution in [0.1, 0.15) is 12.8 Å². The SMILES string of the molecule is C[N+]1=C(N)C(=Nc2ccc(N3CCCC3)cc2NS(C)(=O)=O)C=N1. The highest BCUT2D eigenvalue weighted by atomic mass is 32.2. The van der Waals surface area contributed by atoms with Crippen LogP contribution in [0.4, 0.5) is 17.1 Å². The molecule has 1 aromatic carbocycles. The van der Waals surface area contributed by atoms with Crippen LogP contribution in [0.2, 0.25) is 0 Å². The average Bonchev–Trinajstić information content (AvgIpc) is 3.13. The smallest absolute Gasteiger partial charge is 0.320 e. The minimum atomic E-state index is -3.42. The zero-order valence-corrected chi connectivity index (χ0v) is 14.5. The lowest BCUT2D eigenvalue weighted by Crippen LogP contribution is -2.27. The summed E-state index contributed by atoms with van der Waals surface area (Å²) in [5, 5.41) is 4.05. The van der Waals surface area contributed by atoms with E-state index in [-0.39, 0.29) is 0 Å². The maximum atomic E-state index is 11.7. The highest BCUT2D eigenvalue weighted by Gasteiger charge is 2.20. The zero-order chi connectivity index (χ0) is 17.3. The summed E-state index contributed by atoms with van der Waals surface area (Å²) in [6, 6.07) is 5.57. The lowest BCUT2D eigenvalue weighted by molar-refractivity contribution is -0.498. The highest BCUT2D eigenvalue weighted by molar-refractivity contribution is 7.92. The molecule has 24 heavy (non-hydrogen) atoms. The fourth-order valence-corrected chi connectivity index (χ4v) is 3.29. The number of anilines is 2. The van der Waals surface area contributed by atoms with Gasteiger partial charge < -0.3 is 4.90 Å². The minimum Gasteiger partial charge on any atom is -0.371 e. The highest BCUT2D eigenvalue weighted by Crippen LogP contribution is 2.32. The van der Waals surface area contributed by atoms with Crippen molar-refractivity contribution in [1.82, 2.24) is 0 Å². The van der Waals surface area contributed by atoms with Crippen molar-refractivity contribution >= 4 is 44.8 Å². The summed E-state index contributed by atoms with van der Waals surface area (Å²) in [4.78, 5) is 6.69. The van der Waals surface area contributed by atoms with Crippen LogP contribution in [0.25, 0.3) is 0 Å². The molecule has 0 atom stereocenters. The molecular formula is C15H21N6O2S+. The van der Waals surface area contributed by atoms with Crippen LogP contribution in [0.3, 0.4) is 0 Å². The van der Waals surface area contributed by atoms with Crippen molar-refractivity contribution in [2.45, 2.75) is 12.8 Å². The summed E-state index contributed by atoms with van der Waals surface area (Å²) in [5.74, 6) is 0.420. The Morgan fingerprint density at radius 3 is 2.62 bits per heavy atom. The Hall–Kier alpha value is -2.42. The van der Waals surface area contributed by atoms with E-state index in [1.165, 1.54) is 4.68 Å². The van der Waals surface area contributed by atoms with Gasteiger partial charge in [-0.1, -0.05) is 5.10 Å². The first-order chi connectivity index (χ1) is 11.3. The van der Waals surface area contributed by atoms with Crippen molar-refractivity contribution in [2.24, 2.45) is 15.8 Å². The number of benzene rings is 1. The Bertz CT molecular complexity index is 851. The topological polar surface area (TPSA) is 103 Å². The summed E-state index contributed by atoms with van der Waals surface area (Å²) in [5.41, 5.74) is 8.34. The van der Waals surface area contributed by atoms with Gasteiger partial charge in [-0.3, -0.25) is 10.5 Å². The molecule has 0 bridgehead atoms. The molecular weight excluding hydrogens is 328 g/mol. The monoisotopic (exact) mass is 349 g/mol. The van der Waals surface area contributed by atoms with E-state index >= 15 is 0 Å². The fraction of sp³-hybridized carbons (Fsp3) is 0.400. The number of amidine groups is 1. The van der Waals surface area contributed by atoms with Gasteiger partial charge in [0.15, 0.2) is 5.71 Å². The first-order valence-electron chi connectivity index (χ1n) is 7.69. The number of hydrogen-bond acceptors (Lipinski definition) is 6. The normalized spacial score (nSPS) is 19.6. The van der Waals surface area contributed by atoms with Crippen LogP contribution in [-0.4, -0.2) is 57.3 Å². The van der Waals surface area contributed by atoms with Crippen LogP contribution in [-0.2, 0) is 10.0 Å². The number of hydrazone groups is 1. The van der Waals surface area contributed by atoms with Crippen LogP contribution < -0.4 is 15.4 Å². The molecule has 2 heterocycles. The molecule has 8 nitrogen and oxygen atoms in total. The molecule has 128 valence electrons. The molecule has 1 fully saturated rings. The Balaban J connectivity index is 2.01. The van der Waals surface area contributed by atoms with Crippen molar-refractivity contribution < 1.29 is 13.1 Å². The van der Waals surface area contributed by atoms with Gasteiger partial charge in [0.25, 0.3) is 0 Å². The summed E-state index contributed by atoms with van der Waals surface area (Å²) in [7, 11) is -1.70. The van der Waals surface area contributed by atoms with Gasteiger partial charge in [-0.15, -0.1) is 4.68 Å². The summed E-state index contributed by atoms with van der Waals surface area (Å²) < 4.78 is 27.5. The van der Waals surface area contributed by atoms with Gasteiger partial charge in [-0.2, -0.15) is 0 Å². The molecule has 0 amide bonds. The summed E-state index contributed by atoms with van der Waals surface area (Å²) >= 11 is 0. The molecule has 0 spiro atoms. The molecule has 9 heteroatoms. The maximum Gasteiger partial charge on any atom is 0.320 e. The third kappa shape index (κ3) is 3.56. The second-order valence-electron chi connectivity index (χ2n) is 5.92. The molecule has 0 aromatic heterocycles. The maximum absolute atomic E-state index is 11.7. The van der Waals surface area contributed by atoms with Crippen LogP contribution >= 0.6 is 0 Å². The van der Waals surface area contributed by atoms with Crippen molar-refractivity contribution in [3.63, 3.8) is 0 Å². The average molecular weight is 349 g/mol. The molecule has 0 saturated carbocycles. The van der Waals surface area contributed by atoms with Gasteiger partial charge >= 0.3 is 5.84 Å². The van der Waals surface area contributed by atoms with E-state index in [9.17, 15) is 8.42 Å². The molecule has 2 aliphatic heterocycles. The number of aliphatic imine (C=N–C) groups is 1. The second-order valence-corrected chi connectivity index (χ2v) is 7.67. The number of nitrogens with zero attached hydrogens (tertiary/aromatic N) is 4. The molecule has 0 aliphatic carbocycles. The second kappa shape index (κ2) is 6.23. The Morgan fingerprint density at radius 2 is 2.04 bits per heavy atom. The number of rotatable bonds is 4. The fourth-order valence-electron chi connectivity index (χ4n) is 2.73. The molecule has 1 aromatic rings. The van der Waals surface area contributed by atoms with Crippen LogP contribution in [0.15, 0.2) is 28.3 Å². The van der Waals surface area contributed by atoms with E-state index in [0.717, 1.165) is 37.9 Å².